The Morgan fingerprint density at radius 3 is 2.13 bits per heavy atom. The van der Waals surface area contributed by atoms with Crippen molar-refractivity contribution in [3.8, 4) is 0 Å². The van der Waals surface area contributed by atoms with E-state index in [9.17, 15) is 9.59 Å². The third-order valence-electron chi connectivity index (χ3n) is 6.69. The van der Waals surface area contributed by atoms with Gasteiger partial charge in [0.2, 0.25) is 0 Å². The first-order chi connectivity index (χ1) is 15.1. The number of carbonyl (C=O) groups is 2. The Morgan fingerprint density at radius 1 is 0.903 bits per heavy atom. The number of rotatable bonds is 3. The molecule has 2 heterocycles. The van der Waals surface area contributed by atoms with Crippen LogP contribution in [0.3, 0.4) is 0 Å². The number of nitrogens with zero attached hydrogens (tertiary/aromatic N) is 1. The fourth-order valence-electron chi connectivity index (χ4n) is 5.39. The lowest BCUT2D eigenvalue weighted by Gasteiger charge is -2.32. The fourth-order valence-corrected chi connectivity index (χ4v) is 5.39. The van der Waals surface area contributed by atoms with E-state index in [1.165, 1.54) is 7.11 Å². The second-order valence-electron chi connectivity index (χ2n) is 8.16. The van der Waals surface area contributed by atoms with Crippen LogP contribution in [0.15, 0.2) is 84.9 Å². The Hall–Kier alpha value is -3.44. The minimum Gasteiger partial charge on any atom is -0.469 e. The summed E-state index contributed by atoms with van der Waals surface area (Å²) < 4.78 is 5.29. The number of esters is 1. The van der Waals surface area contributed by atoms with E-state index in [1.807, 2.05) is 84.9 Å². The lowest BCUT2D eigenvalue weighted by atomic mass is 9.71. The van der Waals surface area contributed by atoms with Crippen molar-refractivity contribution < 1.29 is 14.3 Å². The standard InChI is InChI=1S/C26H24N2O3/c1-28-20-16-10-9-15-19(20)26(25(28)30)22(17-11-5-3-6-12-17)21(24(29)31-2)23(27-26)18-13-7-4-8-14-18/h3-16,21-23,27H,1-2H3/t21-,22-,23-,26+/m0/s1. The summed E-state index contributed by atoms with van der Waals surface area (Å²) in [6.45, 7) is 0. The second kappa shape index (κ2) is 7.36. The number of hydrogen-bond donors (Lipinski definition) is 1. The van der Waals surface area contributed by atoms with Crippen LogP contribution < -0.4 is 10.2 Å². The van der Waals surface area contributed by atoms with Gasteiger partial charge in [-0.25, -0.2) is 0 Å². The van der Waals surface area contributed by atoms with Crippen molar-refractivity contribution in [1.82, 2.24) is 5.32 Å². The molecule has 3 aromatic carbocycles. The molecular weight excluding hydrogens is 388 g/mol. The molecule has 0 unspecified atom stereocenters. The molecule has 156 valence electrons. The molecule has 1 amide bonds. The van der Waals surface area contributed by atoms with Crippen LogP contribution in [0.5, 0.6) is 0 Å². The maximum atomic E-state index is 13.9. The molecule has 2 aliphatic heterocycles. The summed E-state index contributed by atoms with van der Waals surface area (Å²) >= 11 is 0. The number of ether oxygens (including phenoxy) is 1. The maximum absolute atomic E-state index is 13.9. The number of nitrogens with one attached hydrogen (secondary N) is 1. The number of anilines is 1. The van der Waals surface area contributed by atoms with Crippen molar-refractivity contribution >= 4 is 17.6 Å². The summed E-state index contributed by atoms with van der Waals surface area (Å²) in [6.07, 6.45) is 0. The molecule has 0 radical (unpaired) electrons. The van der Waals surface area contributed by atoms with Crippen LogP contribution in [0.1, 0.15) is 28.7 Å². The lowest BCUT2D eigenvalue weighted by molar-refractivity contribution is -0.146. The molecule has 5 heteroatoms. The first-order valence-corrected chi connectivity index (χ1v) is 10.4. The van der Waals surface area contributed by atoms with Crippen molar-refractivity contribution in [3.05, 3.63) is 102 Å². The van der Waals surface area contributed by atoms with Gasteiger partial charge in [-0.1, -0.05) is 78.9 Å². The van der Waals surface area contributed by atoms with Crippen molar-refractivity contribution in [3.63, 3.8) is 0 Å². The molecule has 31 heavy (non-hydrogen) atoms. The molecule has 3 aromatic rings. The van der Waals surface area contributed by atoms with E-state index >= 15 is 0 Å². The zero-order valence-corrected chi connectivity index (χ0v) is 17.5. The van der Waals surface area contributed by atoms with Gasteiger partial charge in [-0.3, -0.25) is 14.9 Å². The van der Waals surface area contributed by atoms with Crippen LogP contribution in [-0.4, -0.2) is 26.0 Å². The van der Waals surface area contributed by atoms with Crippen molar-refractivity contribution in [1.29, 1.82) is 0 Å². The molecule has 1 saturated heterocycles. The van der Waals surface area contributed by atoms with Crippen LogP contribution in [0.25, 0.3) is 0 Å². The summed E-state index contributed by atoms with van der Waals surface area (Å²) in [6, 6.07) is 27.1. The number of amides is 1. The smallest absolute Gasteiger partial charge is 0.311 e. The highest BCUT2D eigenvalue weighted by atomic mass is 16.5. The third-order valence-corrected chi connectivity index (χ3v) is 6.69. The molecule has 1 spiro atoms. The molecule has 0 aliphatic carbocycles. The van der Waals surface area contributed by atoms with Gasteiger partial charge in [0.25, 0.3) is 5.91 Å². The largest absolute Gasteiger partial charge is 0.469 e. The lowest BCUT2D eigenvalue weighted by Crippen LogP contribution is -2.49. The van der Waals surface area contributed by atoms with Crippen LogP contribution >= 0.6 is 0 Å². The van der Waals surface area contributed by atoms with Gasteiger partial charge in [-0.05, 0) is 17.2 Å². The molecule has 0 bridgehead atoms. The molecular formula is C26H24N2O3. The van der Waals surface area contributed by atoms with E-state index in [1.54, 1.807) is 11.9 Å². The van der Waals surface area contributed by atoms with Gasteiger partial charge in [0.15, 0.2) is 0 Å². The van der Waals surface area contributed by atoms with Gasteiger partial charge in [0.05, 0.1) is 13.0 Å². The summed E-state index contributed by atoms with van der Waals surface area (Å²) in [5.41, 5.74) is 2.58. The van der Waals surface area contributed by atoms with Crippen molar-refractivity contribution in [2.24, 2.45) is 5.92 Å². The molecule has 5 rings (SSSR count). The fraction of sp³-hybridized carbons (Fsp3) is 0.231. The van der Waals surface area contributed by atoms with E-state index in [4.69, 9.17) is 4.74 Å². The molecule has 1 fully saturated rings. The average Bonchev–Trinajstić information content (AvgIpc) is 3.30. The highest BCUT2D eigenvalue weighted by Crippen LogP contribution is 2.58. The highest BCUT2D eigenvalue weighted by Gasteiger charge is 2.65. The Bertz CT molecular complexity index is 1130. The monoisotopic (exact) mass is 412 g/mol. The molecule has 4 atom stereocenters. The van der Waals surface area contributed by atoms with Crippen molar-refractivity contribution in [2.75, 3.05) is 19.1 Å². The first-order valence-electron chi connectivity index (χ1n) is 10.4. The van der Waals surface area contributed by atoms with E-state index in [2.05, 4.69) is 5.32 Å². The minimum atomic E-state index is -1.06. The number of hydrogen-bond acceptors (Lipinski definition) is 4. The SMILES string of the molecule is COC(=O)[C@@H]1[C@H](c2ccccc2)N[C@@]2(C(=O)N(C)c3ccccc32)[C@H]1c1ccccc1. The van der Waals surface area contributed by atoms with Gasteiger partial charge in [0, 0.05) is 30.3 Å². The molecule has 5 nitrogen and oxygen atoms in total. The van der Waals surface area contributed by atoms with Gasteiger partial charge >= 0.3 is 5.97 Å². The van der Waals surface area contributed by atoms with E-state index in [0.29, 0.717) is 0 Å². The maximum Gasteiger partial charge on any atom is 0.311 e. The average molecular weight is 412 g/mol. The zero-order valence-electron chi connectivity index (χ0n) is 17.5. The number of benzene rings is 3. The van der Waals surface area contributed by atoms with Crippen LogP contribution in [-0.2, 0) is 19.9 Å². The summed E-state index contributed by atoms with van der Waals surface area (Å²) in [5, 5.41) is 3.64. The Balaban J connectivity index is 1.80. The Labute approximate surface area is 181 Å². The molecule has 2 aliphatic rings. The number of para-hydroxylation sites is 1. The van der Waals surface area contributed by atoms with Crippen LogP contribution in [0.2, 0.25) is 0 Å². The van der Waals surface area contributed by atoms with Gasteiger partial charge in [0.1, 0.15) is 5.54 Å². The zero-order chi connectivity index (χ0) is 21.6. The normalized spacial score (nSPS) is 26.8. The third kappa shape index (κ3) is 2.73. The predicted octanol–water partition coefficient (Wildman–Crippen LogP) is 3.78. The topological polar surface area (TPSA) is 58.6 Å². The van der Waals surface area contributed by atoms with Crippen LogP contribution in [0, 0.1) is 5.92 Å². The first kappa shape index (κ1) is 19.5. The number of likely N-dealkylation sites (N-methyl/N-ethyl adjacent to an activating group) is 1. The summed E-state index contributed by atoms with van der Waals surface area (Å²) in [5.74, 6) is -1.38. The van der Waals surface area contributed by atoms with Gasteiger partial charge < -0.3 is 9.64 Å². The number of carbonyl (C=O) groups excluding carboxylic acids is 2. The molecule has 1 N–H and O–H groups in total. The Morgan fingerprint density at radius 2 is 1.48 bits per heavy atom. The quantitative estimate of drug-likeness (QED) is 0.666. The second-order valence-corrected chi connectivity index (χ2v) is 8.16. The van der Waals surface area contributed by atoms with E-state index in [0.717, 1.165) is 22.4 Å². The predicted molar refractivity (Wildman–Crippen MR) is 119 cm³/mol. The summed E-state index contributed by atoms with van der Waals surface area (Å²) in [7, 11) is 3.20. The number of fused-ring (bicyclic) bond motifs is 2. The van der Waals surface area contributed by atoms with E-state index in [-0.39, 0.29) is 17.9 Å². The van der Waals surface area contributed by atoms with E-state index < -0.39 is 17.4 Å². The molecule has 0 aromatic heterocycles. The van der Waals surface area contributed by atoms with Crippen LogP contribution in [0.4, 0.5) is 5.69 Å². The van der Waals surface area contributed by atoms with Gasteiger partial charge in [-0.2, -0.15) is 0 Å². The molecule has 0 saturated carbocycles. The minimum absolute atomic E-state index is 0.0603. The summed E-state index contributed by atoms with van der Waals surface area (Å²) in [4.78, 5) is 28.8. The van der Waals surface area contributed by atoms with Gasteiger partial charge in [-0.15, -0.1) is 0 Å². The Kier molecular flexibility index (Phi) is 4.63. The number of methoxy groups -OCH3 is 1. The van der Waals surface area contributed by atoms with Crippen molar-refractivity contribution in [2.45, 2.75) is 17.5 Å². The highest BCUT2D eigenvalue weighted by molar-refractivity contribution is 6.09.